The maximum absolute atomic E-state index is 12.9. The van der Waals surface area contributed by atoms with E-state index in [1.165, 1.54) is 0 Å². The summed E-state index contributed by atoms with van der Waals surface area (Å²) in [5.74, 6) is 0.735. The number of ether oxygens (including phenoxy) is 1. The summed E-state index contributed by atoms with van der Waals surface area (Å²) >= 11 is 5.98. The summed E-state index contributed by atoms with van der Waals surface area (Å²) in [5, 5.41) is 4.34. The van der Waals surface area contributed by atoms with Crippen molar-refractivity contribution in [1.29, 1.82) is 0 Å². The normalized spacial score (nSPS) is 14.4. The summed E-state index contributed by atoms with van der Waals surface area (Å²) < 4.78 is 10.8. The molecule has 0 atom stereocenters. The maximum atomic E-state index is 12.9. The number of hydrogen-bond acceptors (Lipinski definition) is 4. The largest absolute Gasteiger partial charge is 0.497 e. The lowest BCUT2D eigenvalue weighted by atomic mass is 10.1. The van der Waals surface area contributed by atoms with E-state index >= 15 is 0 Å². The Morgan fingerprint density at radius 1 is 1.10 bits per heavy atom. The number of urea groups is 1. The molecule has 162 valence electrons. The van der Waals surface area contributed by atoms with Crippen molar-refractivity contribution < 1.29 is 18.7 Å². The Labute approximate surface area is 185 Å². The molecule has 1 aromatic heterocycles. The molecule has 0 radical (unpaired) electrons. The molecular weight excluding hydrogens is 418 g/mol. The predicted octanol–water partition coefficient (Wildman–Crippen LogP) is 4.40. The van der Waals surface area contributed by atoms with Gasteiger partial charge < -0.3 is 24.3 Å². The SMILES string of the molecule is COc1ccc2c(CC(=O)N3CCCN(C(=O)Nc4cccc(Cl)c4)CC3)coc2c1. The number of amides is 3. The Bertz CT molecular complexity index is 1100. The summed E-state index contributed by atoms with van der Waals surface area (Å²) in [6.45, 7) is 2.17. The third kappa shape index (κ3) is 4.94. The lowest BCUT2D eigenvalue weighted by Gasteiger charge is -2.22. The molecule has 0 spiro atoms. The van der Waals surface area contributed by atoms with Crippen LogP contribution in [0.15, 0.2) is 53.1 Å². The van der Waals surface area contributed by atoms with Gasteiger partial charge >= 0.3 is 6.03 Å². The Kier molecular flexibility index (Phi) is 6.32. The van der Waals surface area contributed by atoms with Gasteiger partial charge in [-0.15, -0.1) is 0 Å². The van der Waals surface area contributed by atoms with Crippen LogP contribution in [0.25, 0.3) is 11.0 Å². The molecule has 0 saturated carbocycles. The first kappa shape index (κ1) is 21.1. The fraction of sp³-hybridized carbons (Fsp3) is 0.304. The maximum Gasteiger partial charge on any atom is 0.321 e. The van der Waals surface area contributed by atoms with Gasteiger partial charge in [0, 0.05) is 53.9 Å². The second-order valence-corrected chi connectivity index (χ2v) is 7.90. The van der Waals surface area contributed by atoms with Crippen LogP contribution in [0.1, 0.15) is 12.0 Å². The van der Waals surface area contributed by atoms with E-state index in [1.807, 2.05) is 23.1 Å². The lowest BCUT2D eigenvalue weighted by molar-refractivity contribution is -0.130. The molecule has 0 aliphatic carbocycles. The first-order valence-corrected chi connectivity index (χ1v) is 10.5. The molecule has 8 heteroatoms. The molecule has 2 aromatic carbocycles. The van der Waals surface area contributed by atoms with Crippen LogP contribution in [0.2, 0.25) is 5.02 Å². The average Bonchev–Trinajstić information content (AvgIpc) is 2.98. The van der Waals surface area contributed by atoms with Crippen molar-refractivity contribution in [3.05, 3.63) is 59.3 Å². The molecular formula is C23H24ClN3O4. The van der Waals surface area contributed by atoms with Crippen molar-refractivity contribution >= 4 is 40.2 Å². The molecule has 31 heavy (non-hydrogen) atoms. The highest BCUT2D eigenvalue weighted by Crippen LogP contribution is 2.26. The van der Waals surface area contributed by atoms with Gasteiger partial charge in [-0.25, -0.2) is 4.79 Å². The number of benzene rings is 2. The van der Waals surface area contributed by atoms with Gasteiger partial charge in [-0.1, -0.05) is 17.7 Å². The summed E-state index contributed by atoms with van der Waals surface area (Å²) in [6.07, 6.45) is 2.61. The second kappa shape index (κ2) is 9.31. The first-order valence-electron chi connectivity index (χ1n) is 10.2. The zero-order valence-corrected chi connectivity index (χ0v) is 18.0. The number of halogens is 1. The minimum Gasteiger partial charge on any atom is -0.497 e. The number of carbonyl (C=O) groups is 2. The van der Waals surface area contributed by atoms with E-state index in [0.717, 1.165) is 17.4 Å². The number of anilines is 1. The molecule has 2 heterocycles. The van der Waals surface area contributed by atoms with E-state index < -0.39 is 0 Å². The quantitative estimate of drug-likeness (QED) is 0.651. The molecule has 1 aliphatic rings. The van der Waals surface area contributed by atoms with Crippen molar-refractivity contribution in [2.75, 3.05) is 38.6 Å². The number of rotatable bonds is 4. The topological polar surface area (TPSA) is 75.0 Å². The van der Waals surface area contributed by atoms with Crippen LogP contribution < -0.4 is 10.1 Å². The lowest BCUT2D eigenvalue weighted by Crippen LogP contribution is -2.39. The fourth-order valence-corrected chi connectivity index (χ4v) is 3.93. The van der Waals surface area contributed by atoms with Crippen molar-refractivity contribution in [3.8, 4) is 5.75 Å². The van der Waals surface area contributed by atoms with Gasteiger partial charge in [-0.2, -0.15) is 0 Å². The molecule has 7 nitrogen and oxygen atoms in total. The Balaban J connectivity index is 1.36. The van der Waals surface area contributed by atoms with E-state index in [9.17, 15) is 9.59 Å². The van der Waals surface area contributed by atoms with Crippen LogP contribution in [0.3, 0.4) is 0 Å². The van der Waals surface area contributed by atoms with Gasteiger partial charge in [0.1, 0.15) is 11.3 Å². The van der Waals surface area contributed by atoms with E-state index in [2.05, 4.69) is 5.32 Å². The smallest absolute Gasteiger partial charge is 0.321 e. The molecule has 1 saturated heterocycles. The zero-order valence-electron chi connectivity index (χ0n) is 17.3. The summed E-state index contributed by atoms with van der Waals surface area (Å²) in [5.41, 5.74) is 2.20. The van der Waals surface area contributed by atoms with Gasteiger partial charge in [0.05, 0.1) is 19.8 Å². The molecule has 4 rings (SSSR count). The van der Waals surface area contributed by atoms with Gasteiger partial charge in [-0.05, 0) is 36.8 Å². The highest BCUT2D eigenvalue weighted by atomic mass is 35.5. The number of methoxy groups -OCH3 is 1. The van der Waals surface area contributed by atoms with E-state index in [0.29, 0.717) is 48.2 Å². The number of fused-ring (bicyclic) bond motifs is 1. The number of hydrogen-bond donors (Lipinski definition) is 1. The number of furan rings is 1. The molecule has 3 amide bonds. The number of nitrogens with one attached hydrogen (secondary N) is 1. The van der Waals surface area contributed by atoms with Gasteiger partial charge in [0.25, 0.3) is 0 Å². The van der Waals surface area contributed by atoms with Crippen LogP contribution in [0.5, 0.6) is 5.75 Å². The molecule has 3 aromatic rings. The van der Waals surface area contributed by atoms with Crippen LogP contribution in [0, 0.1) is 0 Å². The minimum atomic E-state index is -0.189. The average molecular weight is 442 g/mol. The molecule has 1 fully saturated rings. The minimum absolute atomic E-state index is 0.0237. The second-order valence-electron chi connectivity index (χ2n) is 7.46. The van der Waals surface area contributed by atoms with E-state index in [-0.39, 0.29) is 18.4 Å². The Morgan fingerprint density at radius 2 is 1.90 bits per heavy atom. The molecule has 1 aliphatic heterocycles. The Hall–Kier alpha value is -3.19. The summed E-state index contributed by atoms with van der Waals surface area (Å²) in [7, 11) is 1.60. The standard InChI is InChI=1S/C23H24ClN3O4/c1-30-19-6-7-20-16(15-31-21(20)14-19)12-22(28)26-8-3-9-27(11-10-26)23(29)25-18-5-2-4-17(24)13-18/h2,4-7,13-15H,3,8-12H2,1H3,(H,25,29). The van der Waals surface area contributed by atoms with Gasteiger partial charge in [0.2, 0.25) is 5.91 Å². The summed E-state index contributed by atoms with van der Waals surface area (Å²) in [6, 6.07) is 12.4. The van der Waals surface area contributed by atoms with Crippen LogP contribution in [-0.2, 0) is 11.2 Å². The number of nitrogens with zero attached hydrogens (tertiary/aromatic N) is 2. The van der Waals surface area contributed by atoms with E-state index in [1.54, 1.807) is 42.5 Å². The van der Waals surface area contributed by atoms with Gasteiger partial charge in [0.15, 0.2) is 0 Å². The highest BCUT2D eigenvalue weighted by molar-refractivity contribution is 6.30. The van der Waals surface area contributed by atoms with Crippen LogP contribution in [-0.4, -0.2) is 55.0 Å². The molecule has 0 bridgehead atoms. The first-order chi connectivity index (χ1) is 15.0. The monoisotopic (exact) mass is 441 g/mol. The third-order valence-corrected chi connectivity index (χ3v) is 5.65. The van der Waals surface area contributed by atoms with Crippen LogP contribution in [0.4, 0.5) is 10.5 Å². The van der Waals surface area contributed by atoms with Gasteiger partial charge in [-0.3, -0.25) is 4.79 Å². The van der Waals surface area contributed by atoms with Crippen LogP contribution >= 0.6 is 11.6 Å². The predicted molar refractivity (Wildman–Crippen MR) is 120 cm³/mol. The summed E-state index contributed by atoms with van der Waals surface area (Å²) in [4.78, 5) is 29.1. The van der Waals surface area contributed by atoms with Crippen molar-refractivity contribution in [2.45, 2.75) is 12.8 Å². The fourth-order valence-electron chi connectivity index (χ4n) is 3.74. The molecule has 0 unspecified atom stereocenters. The van der Waals surface area contributed by atoms with Crippen molar-refractivity contribution in [3.63, 3.8) is 0 Å². The highest BCUT2D eigenvalue weighted by Gasteiger charge is 2.23. The third-order valence-electron chi connectivity index (χ3n) is 5.42. The van der Waals surface area contributed by atoms with Crippen molar-refractivity contribution in [2.24, 2.45) is 0 Å². The van der Waals surface area contributed by atoms with E-state index in [4.69, 9.17) is 20.8 Å². The Morgan fingerprint density at radius 3 is 2.71 bits per heavy atom. The number of carbonyl (C=O) groups excluding carboxylic acids is 2. The van der Waals surface area contributed by atoms with Crippen molar-refractivity contribution in [1.82, 2.24) is 9.80 Å². The zero-order chi connectivity index (χ0) is 21.8. The molecule has 1 N–H and O–H groups in total.